The van der Waals surface area contributed by atoms with Gasteiger partial charge in [0.15, 0.2) is 0 Å². The molecule has 0 aromatic heterocycles. The highest BCUT2D eigenvalue weighted by atomic mass is 127. The van der Waals surface area contributed by atoms with Gasteiger partial charge in [-0.1, -0.05) is 30.9 Å². The van der Waals surface area contributed by atoms with E-state index in [0.29, 0.717) is 11.6 Å². The molecule has 1 heterocycles. The molecule has 1 aromatic carbocycles. The molecule has 1 saturated heterocycles. The van der Waals surface area contributed by atoms with Gasteiger partial charge < -0.3 is 10.2 Å². The maximum atomic E-state index is 6.49. The maximum Gasteiger partial charge on any atom is 0.0650 e. The van der Waals surface area contributed by atoms with E-state index in [1.807, 2.05) is 0 Å². The molecule has 1 aliphatic carbocycles. The van der Waals surface area contributed by atoms with Crippen molar-refractivity contribution in [3.8, 4) is 0 Å². The summed E-state index contributed by atoms with van der Waals surface area (Å²) in [4.78, 5) is 2.51. The smallest absolute Gasteiger partial charge is 0.0650 e. The summed E-state index contributed by atoms with van der Waals surface area (Å²) in [6, 6.07) is 6.91. The molecule has 1 saturated carbocycles. The molecule has 0 bridgehead atoms. The minimum absolute atomic E-state index is 0.317. The standard InChI is InChI=1S/C16H22ClIN2/c1-12-10-19-16(7-3-2-4-8-16)11-20(12)15-6-5-13(18)9-14(15)17/h5-6,9,12,19H,2-4,7-8,10-11H2,1H3. The number of hydrogen-bond acceptors (Lipinski definition) is 2. The third-order valence-electron chi connectivity index (χ3n) is 4.81. The third kappa shape index (κ3) is 2.95. The highest BCUT2D eigenvalue weighted by Gasteiger charge is 2.39. The Labute approximate surface area is 140 Å². The van der Waals surface area contributed by atoms with Crippen molar-refractivity contribution in [3.63, 3.8) is 0 Å². The lowest BCUT2D eigenvalue weighted by atomic mass is 9.79. The van der Waals surface area contributed by atoms with E-state index in [4.69, 9.17) is 11.6 Å². The van der Waals surface area contributed by atoms with Gasteiger partial charge in [-0.3, -0.25) is 0 Å². The van der Waals surface area contributed by atoms with E-state index in [2.05, 4.69) is 57.9 Å². The van der Waals surface area contributed by atoms with Crippen molar-refractivity contribution in [1.82, 2.24) is 5.32 Å². The van der Waals surface area contributed by atoms with Crippen molar-refractivity contribution in [3.05, 3.63) is 26.8 Å². The van der Waals surface area contributed by atoms with E-state index in [-0.39, 0.29) is 0 Å². The van der Waals surface area contributed by atoms with Crippen LogP contribution in [0, 0.1) is 3.57 Å². The molecule has 1 atom stereocenters. The number of benzene rings is 1. The molecule has 1 aliphatic heterocycles. The van der Waals surface area contributed by atoms with Crippen LogP contribution in [-0.4, -0.2) is 24.7 Å². The van der Waals surface area contributed by atoms with Gasteiger partial charge in [-0.25, -0.2) is 0 Å². The first-order valence-corrected chi connectivity index (χ1v) is 9.02. The lowest BCUT2D eigenvalue weighted by molar-refractivity contribution is 0.200. The Kier molecular flexibility index (Phi) is 4.48. The second-order valence-electron chi connectivity index (χ2n) is 6.29. The molecule has 2 nitrogen and oxygen atoms in total. The zero-order chi connectivity index (χ0) is 14.2. The predicted octanol–water partition coefficient (Wildman–Crippen LogP) is 4.45. The van der Waals surface area contributed by atoms with E-state index < -0.39 is 0 Å². The zero-order valence-electron chi connectivity index (χ0n) is 12.0. The van der Waals surface area contributed by atoms with Crippen molar-refractivity contribution in [2.45, 2.75) is 50.6 Å². The van der Waals surface area contributed by atoms with Crippen molar-refractivity contribution in [1.29, 1.82) is 0 Å². The first-order chi connectivity index (χ1) is 9.60. The molecule has 2 aliphatic rings. The van der Waals surface area contributed by atoms with Crippen LogP contribution in [0.5, 0.6) is 0 Å². The van der Waals surface area contributed by atoms with Crippen LogP contribution in [0.1, 0.15) is 39.0 Å². The minimum Gasteiger partial charge on any atom is -0.364 e. The number of rotatable bonds is 1. The molecule has 1 spiro atoms. The van der Waals surface area contributed by atoms with Crippen LogP contribution >= 0.6 is 34.2 Å². The normalized spacial score (nSPS) is 25.9. The number of piperazine rings is 1. The summed E-state index contributed by atoms with van der Waals surface area (Å²) in [5.74, 6) is 0. The van der Waals surface area contributed by atoms with Crippen molar-refractivity contribution < 1.29 is 0 Å². The number of hydrogen-bond donors (Lipinski definition) is 1. The van der Waals surface area contributed by atoms with Crippen LogP contribution in [0.4, 0.5) is 5.69 Å². The molecule has 20 heavy (non-hydrogen) atoms. The van der Waals surface area contributed by atoms with Gasteiger partial charge in [0, 0.05) is 28.2 Å². The molecular weight excluding hydrogens is 383 g/mol. The van der Waals surface area contributed by atoms with Crippen LogP contribution in [0.2, 0.25) is 5.02 Å². The average Bonchev–Trinajstić information content (AvgIpc) is 2.43. The Morgan fingerprint density at radius 2 is 2.05 bits per heavy atom. The van der Waals surface area contributed by atoms with E-state index in [1.54, 1.807) is 0 Å². The van der Waals surface area contributed by atoms with Gasteiger partial charge in [0.2, 0.25) is 0 Å². The SMILES string of the molecule is CC1CNC2(CCCCC2)CN1c1ccc(I)cc1Cl. The molecule has 3 rings (SSSR count). The Hall–Kier alpha value is -0.0000000000000000555. The summed E-state index contributed by atoms with van der Waals surface area (Å²) in [6.45, 7) is 4.44. The first kappa shape index (κ1) is 14.9. The number of halogens is 2. The van der Waals surface area contributed by atoms with Gasteiger partial charge in [-0.2, -0.15) is 0 Å². The largest absolute Gasteiger partial charge is 0.364 e. The van der Waals surface area contributed by atoms with Crippen LogP contribution in [0.15, 0.2) is 18.2 Å². The fraction of sp³-hybridized carbons (Fsp3) is 0.625. The van der Waals surface area contributed by atoms with E-state index in [1.165, 1.54) is 41.4 Å². The highest BCUT2D eigenvalue weighted by molar-refractivity contribution is 14.1. The summed E-state index contributed by atoms with van der Waals surface area (Å²) in [6.07, 6.45) is 6.71. The summed E-state index contributed by atoms with van der Waals surface area (Å²) in [7, 11) is 0. The number of nitrogens with zero attached hydrogens (tertiary/aromatic N) is 1. The van der Waals surface area contributed by atoms with Gasteiger partial charge in [0.1, 0.15) is 0 Å². The summed E-state index contributed by atoms with van der Waals surface area (Å²) < 4.78 is 1.20. The highest BCUT2D eigenvalue weighted by Crippen LogP contribution is 2.36. The average molecular weight is 405 g/mol. The van der Waals surface area contributed by atoms with Crippen LogP contribution in [0.3, 0.4) is 0 Å². The first-order valence-electron chi connectivity index (χ1n) is 7.56. The Bertz CT molecular complexity index is 485. The summed E-state index contributed by atoms with van der Waals surface area (Å²) >= 11 is 8.81. The maximum absolute atomic E-state index is 6.49. The van der Waals surface area contributed by atoms with Gasteiger partial charge >= 0.3 is 0 Å². The molecule has 1 unspecified atom stereocenters. The zero-order valence-corrected chi connectivity index (χ0v) is 14.9. The molecule has 1 aromatic rings. The summed E-state index contributed by atoms with van der Waals surface area (Å²) in [5, 5.41) is 4.71. The van der Waals surface area contributed by atoms with Gasteiger partial charge in [0.05, 0.1) is 10.7 Å². The molecule has 0 radical (unpaired) electrons. The Morgan fingerprint density at radius 3 is 2.75 bits per heavy atom. The van der Waals surface area contributed by atoms with Crippen molar-refractivity contribution >= 4 is 39.9 Å². The number of anilines is 1. The molecule has 1 N–H and O–H groups in total. The number of nitrogens with one attached hydrogen (secondary N) is 1. The van der Waals surface area contributed by atoms with Crippen molar-refractivity contribution in [2.75, 3.05) is 18.0 Å². The Balaban J connectivity index is 1.86. The van der Waals surface area contributed by atoms with E-state index >= 15 is 0 Å². The minimum atomic E-state index is 0.317. The molecular formula is C16H22ClIN2. The van der Waals surface area contributed by atoms with E-state index in [0.717, 1.165) is 18.1 Å². The van der Waals surface area contributed by atoms with Crippen LogP contribution in [0.25, 0.3) is 0 Å². The van der Waals surface area contributed by atoms with Gasteiger partial charge in [-0.05, 0) is 60.6 Å². The molecule has 0 amide bonds. The quantitative estimate of drug-likeness (QED) is 0.696. The second-order valence-corrected chi connectivity index (χ2v) is 7.95. The van der Waals surface area contributed by atoms with Gasteiger partial charge in [-0.15, -0.1) is 0 Å². The molecule has 4 heteroatoms. The monoisotopic (exact) mass is 404 g/mol. The van der Waals surface area contributed by atoms with E-state index in [9.17, 15) is 0 Å². The second kappa shape index (κ2) is 6.01. The topological polar surface area (TPSA) is 15.3 Å². The lowest BCUT2D eigenvalue weighted by Crippen LogP contribution is -2.64. The Morgan fingerprint density at radius 1 is 1.30 bits per heavy atom. The van der Waals surface area contributed by atoms with Crippen LogP contribution in [-0.2, 0) is 0 Å². The third-order valence-corrected chi connectivity index (χ3v) is 5.78. The summed E-state index contributed by atoms with van der Waals surface area (Å²) in [5.41, 5.74) is 1.52. The molecule has 110 valence electrons. The van der Waals surface area contributed by atoms with Crippen LogP contribution < -0.4 is 10.2 Å². The fourth-order valence-corrected chi connectivity index (χ4v) is 4.58. The lowest BCUT2D eigenvalue weighted by Gasteiger charge is -2.50. The van der Waals surface area contributed by atoms with Gasteiger partial charge in [0.25, 0.3) is 0 Å². The molecule has 2 fully saturated rings. The predicted molar refractivity (Wildman–Crippen MR) is 94.8 cm³/mol. The van der Waals surface area contributed by atoms with Crippen molar-refractivity contribution in [2.24, 2.45) is 0 Å². The fourth-order valence-electron chi connectivity index (χ4n) is 3.61.